The lowest BCUT2D eigenvalue weighted by Gasteiger charge is -1.99. The lowest BCUT2D eigenvalue weighted by Crippen LogP contribution is -2.04. The Morgan fingerprint density at radius 2 is 2.06 bits per heavy atom. The van der Waals surface area contributed by atoms with Crippen LogP contribution < -0.4 is 0 Å². The lowest BCUT2D eigenvalue weighted by atomic mass is 10.2. The predicted molar refractivity (Wildman–Crippen MR) is 66.9 cm³/mol. The summed E-state index contributed by atoms with van der Waals surface area (Å²) in [6.07, 6.45) is 0. The second-order valence-corrected chi connectivity index (χ2v) is 4.42. The van der Waals surface area contributed by atoms with Crippen LogP contribution in [0.15, 0.2) is 34.8 Å². The van der Waals surface area contributed by atoms with Crippen LogP contribution in [-0.2, 0) is 6.54 Å². The Balaban J connectivity index is 2.34. The maximum atomic E-state index is 10.7. The normalized spacial score (nSPS) is 10.5. The van der Waals surface area contributed by atoms with Crippen molar-refractivity contribution in [2.75, 3.05) is 0 Å². The molecule has 1 heterocycles. The first kappa shape index (κ1) is 11.8. The molecule has 0 saturated heterocycles. The van der Waals surface area contributed by atoms with Crippen molar-refractivity contribution in [2.24, 2.45) is 0 Å². The van der Waals surface area contributed by atoms with Gasteiger partial charge in [0.1, 0.15) is 4.47 Å². The van der Waals surface area contributed by atoms with Gasteiger partial charge in [0, 0.05) is 0 Å². The first-order valence-electron chi connectivity index (χ1n) is 5.01. The summed E-state index contributed by atoms with van der Waals surface area (Å²) in [5, 5.41) is 14.7. The zero-order valence-corrected chi connectivity index (χ0v) is 10.7. The molecule has 0 bridgehead atoms. The van der Waals surface area contributed by atoms with Crippen LogP contribution in [0.1, 0.15) is 11.3 Å². The number of hydrogen-bond donors (Lipinski definition) is 0. The molecule has 2 rings (SSSR count). The molecule has 0 unspecified atom stereocenters. The summed E-state index contributed by atoms with van der Waals surface area (Å²) in [5.41, 5.74) is 1.81. The summed E-state index contributed by atoms with van der Waals surface area (Å²) in [6, 6.07) is 9.70. The Morgan fingerprint density at radius 1 is 1.41 bits per heavy atom. The Morgan fingerprint density at radius 3 is 2.59 bits per heavy atom. The van der Waals surface area contributed by atoms with E-state index in [1.54, 1.807) is 11.6 Å². The van der Waals surface area contributed by atoms with Crippen LogP contribution in [0.4, 0.5) is 5.82 Å². The van der Waals surface area contributed by atoms with E-state index in [2.05, 4.69) is 21.0 Å². The molecule has 0 saturated carbocycles. The minimum atomic E-state index is -0.488. The highest BCUT2D eigenvalue weighted by atomic mass is 79.9. The second kappa shape index (κ2) is 4.67. The third-order valence-corrected chi connectivity index (χ3v) is 3.39. The fourth-order valence-corrected chi connectivity index (χ4v) is 1.96. The minimum absolute atomic E-state index is 0.140. The van der Waals surface area contributed by atoms with Crippen molar-refractivity contribution in [1.29, 1.82) is 0 Å². The van der Waals surface area contributed by atoms with E-state index in [1.807, 2.05) is 30.3 Å². The van der Waals surface area contributed by atoms with E-state index in [-0.39, 0.29) is 5.82 Å². The molecule has 0 N–H and O–H groups in total. The van der Waals surface area contributed by atoms with Gasteiger partial charge in [0.2, 0.25) is 0 Å². The number of nitrogens with zero attached hydrogens (tertiary/aromatic N) is 3. The Bertz CT molecular complexity index is 551. The van der Waals surface area contributed by atoms with E-state index in [0.717, 1.165) is 11.3 Å². The number of nitro groups is 1. The first-order valence-corrected chi connectivity index (χ1v) is 5.80. The summed E-state index contributed by atoms with van der Waals surface area (Å²) in [5.74, 6) is -0.140. The van der Waals surface area contributed by atoms with Crippen molar-refractivity contribution in [1.82, 2.24) is 9.78 Å². The molecule has 0 aliphatic heterocycles. The van der Waals surface area contributed by atoms with Crippen LogP contribution >= 0.6 is 15.9 Å². The largest absolute Gasteiger partial charge is 0.404 e. The smallest absolute Gasteiger partial charge is 0.358 e. The number of halogens is 1. The number of rotatable bonds is 3. The summed E-state index contributed by atoms with van der Waals surface area (Å²) in [4.78, 5) is 10.3. The van der Waals surface area contributed by atoms with Crippen molar-refractivity contribution >= 4 is 21.7 Å². The van der Waals surface area contributed by atoms with Gasteiger partial charge in [-0.15, -0.1) is 0 Å². The van der Waals surface area contributed by atoms with Gasteiger partial charge in [-0.1, -0.05) is 30.3 Å². The van der Waals surface area contributed by atoms with Gasteiger partial charge in [0.05, 0.1) is 17.3 Å². The molecule has 5 nitrogen and oxygen atoms in total. The standard InChI is InChI=1S/C11H10BrN3O2/c1-8-10(12)11(15(16)17)13-14(8)7-9-5-3-2-4-6-9/h2-6H,7H2,1H3. The van der Waals surface area contributed by atoms with Crippen molar-refractivity contribution in [2.45, 2.75) is 13.5 Å². The third-order valence-electron chi connectivity index (χ3n) is 2.46. The van der Waals surface area contributed by atoms with E-state index in [0.29, 0.717) is 11.0 Å². The summed E-state index contributed by atoms with van der Waals surface area (Å²) in [7, 11) is 0. The van der Waals surface area contributed by atoms with Gasteiger partial charge < -0.3 is 10.1 Å². The number of hydrogen-bond acceptors (Lipinski definition) is 3. The van der Waals surface area contributed by atoms with Crippen LogP contribution in [-0.4, -0.2) is 14.7 Å². The van der Waals surface area contributed by atoms with E-state index >= 15 is 0 Å². The molecule has 0 atom stereocenters. The fourth-order valence-electron chi connectivity index (χ4n) is 1.54. The SMILES string of the molecule is Cc1c(Br)c([N+](=O)[O-])nn1Cc1ccccc1. The summed E-state index contributed by atoms with van der Waals surface area (Å²) >= 11 is 3.19. The van der Waals surface area contributed by atoms with Gasteiger partial charge in [-0.05, 0) is 33.3 Å². The Kier molecular flexibility index (Phi) is 3.23. The van der Waals surface area contributed by atoms with Gasteiger partial charge in [0.15, 0.2) is 0 Å². The summed E-state index contributed by atoms with van der Waals surface area (Å²) < 4.78 is 2.07. The number of aromatic nitrogens is 2. The molecule has 0 fully saturated rings. The molecular formula is C11H10BrN3O2. The van der Waals surface area contributed by atoms with Crippen LogP contribution in [0.5, 0.6) is 0 Å². The molecule has 0 radical (unpaired) electrons. The van der Waals surface area contributed by atoms with Gasteiger partial charge in [-0.3, -0.25) is 0 Å². The van der Waals surface area contributed by atoms with Crippen LogP contribution in [0.3, 0.4) is 0 Å². The maximum Gasteiger partial charge on any atom is 0.404 e. The van der Waals surface area contributed by atoms with E-state index in [4.69, 9.17) is 0 Å². The Labute approximate surface area is 106 Å². The van der Waals surface area contributed by atoms with Crippen LogP contribution in [0.2, 0.25) is 0 Å². The molecule has 17 heavy (non-hydrogen) atoms. The monoisotopic (exact) mass is 295 g/mol. The van der Waals surface area contributed by atoms with Gasteiger partial charge >= 0.3 is 5.82 Å². The van der Waals surface area contributed by atoms with Gasteiger partial charge in [-0.25, -0.2) is 0 Å². The molecule has 0 aliphatic rings. The molecule has 0 aliphatic carbocycles. The maximum absolute atomic E-state index is 10.7. The molecule has 88 valence electrons. The van der Waals surface area contributed by atoms with E-state index < -0.39 is 4.92 Å². The average Bonchev–Trinajstić information content (AvgIpc) is 2.59. The topological polar surface area (TPSA) is 61.0 Å². The molecule has 0 amide bonds. The van der Waals surface area contributed by atoms with Crippen molar-refractivity contribution in [3.63, 3.8) is 0 Å². The predicted octanol–water partition coefficient (Wildman–Crippen LogP) is 2.91. The minimum Gasteiger partial charge on any atom is -0.358 e. The molecule has 2 aromatic rings. The van der Waals surface area contributed by atoms with Crippen LogP contribution in [0.25, 0.3) is 0 Å². The highest BCUT2D eigenvalue weighted by molar-refractivity contribution is 9.10. The highest BCUT2D eigenvalue weighted by Gasteiger charge is 2.23. The van der Waals surface area contributed by atoms with Crippen LogP contribution in [0, 0.1) is 17.0 Å². The van der Waals surface area contributed by atoms with Crippen molar-refractivity contribution in [3.05, 3.63) is 56.2 Å². The van der Waals surface area contributed by atoms with Crippen molar-refractivity contribution < 1.29 is 4.92 Å². The first-order chi connectivity index (χ1) is 8.09. The molecule has 6 heteroatoms. The van der Waals surface area contributed by atoms with E-state index in [1.165, 1.54) is 0 Å². The van der Waals surface area contributed by atoms with E-state index in [9.17, 15) is 10.1 Å². The molecule has 1 aromatic carbocycles. The molecule has 0 spiro atoms. The average molecular weight is 296 g/mol. The summed E-state index contributed by atoms with van der Waals surface area (Å²) in [6.45, 7) is 2.33. The van der Waals surface area contributed by atoms with Crippen molar-refractivity contribution in [3.8, 4) is 0 Å². The third kappa shape index (κ3) is 2.36. The quantitative estimate of drug-likeness (QED) is 0.646. The molecule has 1 aromatic heterocycles. The number of benzene rings is 1. The second-order valence-electron chi connectivity index (χ2n) is 3.62. The van der Waals surface area contributed by atoms with Gasteiger partial charge in [0.25, 0.3) is 0 Å². The Hall–Kier alpha value is -1.69. The highest BCUT2D eigenvalue weighted by Crippen LogP contribution is 2.27. The van der Waals surface area contributed by atoms with Gasteiger partial charge in [-0.2, -0.15) is 4.68 Å². The fraction of sp³-hybridized carbons (Fsp3) is 0.182. The lowest BCUT2D eigenvalue weighted by molar-refractivity contribution is -0.390. The zero-order chi connectivity index (χ0) is 12.4. The molecular weight excluding hydrogens is 286 g/mol. The zero-order valence-electron chi connectivity index (χ0n) is 9.13.